The number of carbonyl (C=O) groups excluding carboxylic acids is 1. The number of fused-ring (bicyclic) bond motifs is 2. The fourth-order valence-corrected chi connectivity index (χ4v) is 6.22. The minimum atomic E-state index is -0.705. The molecule has 2 aliphatic heterocycles. The SMILES string of the molecule is CC(C)(O)CN1CC2C[C@]2(c2ccc(-c3cc(-c4ccc5c(c4)CCNC5=O)c(N)nc3F)cc2)C1. The molecule has 36 heavy (non-hydrogen) atoms. The smallest absolute Gasteiger partial charge is 0.251 e. The van der Waals surface area contributed by atoms with Gasteiger partial charge in [0.15, 0.2) is 0 Å². The summed E-state index contributed by atoms with van der Waals surface area (Å²) in [6, 6.07) is 15.5. The normalized spacial score (nSPS) is 23.2. The number of likely N-dealkylation sites (tertiary alicyclic amines) is 1. The Balaban J connectivity index is 1.28. The Morgan fingerprint density at radius 1 is 1.14 bits per heavy atom. The summed E-state index contributed by atoms with van der Waals surface area (Å²) in [6.07, 6.45) is 1.90. The minimum absolute atomic E-state index is 0.0726. The molecule has 186 valence electrons. The molecule has 2 atom stereocenters. The number of carbonyl (C=O) groups is 1. The van der Waals surface area contributed by atoms with Crippen LogP contribution < -0.4 is 11.1 Å². The third-order valence-electron chi connectivity index (χ3n) is 7.94. The zero-order valence-corrected chi connectivity index (χ0v) is 20.6. The second kappa shape index (κ2) is 8.11. The molecule has 3 aliphatic rings. The molecule has 2 fully saturated rings. The van der Waals surface area contributed by atoms with Gasteiger partial charge in [0.2, 0.25) is 5.95 Å². The molecule has 7 heteroatoms. The largest absolute Gasteiger partial charge is 0.389 e. The van der Waals surface area contributed by atoms with Crippen molar-refractivity contribution in [3.8, 4) is 22.3 Å². The number of nitrogens with zero attached hydrogens (tertiary/aromatic N) is 2. The molecule has 6 nitrogen and oxygen atoms in total. The van der Waals surface area contributed by atoms with Crippen molar-refractivity contribution in [3.63, 3.8) is 0 Å². The van der Waals surface area contributed by atoms with E-state index in [0.29, 0.717) is 35.7 Å². The van der Waals surface area contributed by atoms with Crippen LogP contribution in [0.3, 0.4) is 0 Å². The van der Waals surface area contributed by atoms with E-state index in [4.69, 9.17) is 5.73 Å². The maximum Gasteiger partial charge on any atom is 0.251 e. The maximum atomic E-state index is 15.0. The van der Waals surface area contributed by atoms with Crippen LogP contribution in [0.4, 0.5) is 10.2 Å². The highest BCUT2D eigenvalue weighted by atomic mass is 19.1. The van der Waals surface area contributed by atoms with E-state index in [0.717, 1.165) is 42.6 Å². The van der Waals surface area contributed by atoms with E-state index >= 15 is 0 Å². The van der Waals surface area contributed by atoms with Gasteiger partial charge in [-0.1, -0.05) is 36.4 Å². The molecule has 1 unspecified atom stereocenters. The van der Waals surface area contributed by atoms with E-state index in [9.17, 15) is 14.3 Å². The summed E-state index contributed by atoms with van der Waals surface area (Å²) in [5, 5.41) is 13.1. The summed E-state index contributed by atoms with van der Waals surface area (Å²) < 4.78 is 15.0. The number of rotatable bonds is 5. The number of benzene rings is 2. The number of aliphatic hydroxyl groups is 1. The van der Waals surface area contributed by atoms with Crippen molar-refractivity contribution >= 4 is 11.7 Å². The average Bonchev–Trinajstić information content (AvgIpc) is 3.39. The Labute approximate surface area is 210 Å². The molecule has 1 amide bonds. The van der Waals surface area contributed by atoms with Gasteiger partial charge in [-0.2, -0.15) is 4.39 Å². The van der Waals surface area contributed by atoms with Crippen LogP contribution in [0.2, 0.25) is 0 Å². The summed E-state index contributed by atoms with van der Waals surface area (Å²) in [7, 11) is 0. The van der Waals surface area contributed by atoms with Crippen molar-refractivity contribution in [2.75, 3.05) is 31.9 Å². The van der Waals surface area contributed by atoms with Crippen molar-refractivity contribution in [2.45, 2.75) is 37.7 Å². The highest BCUT2D eigenvalue weighted by Gasteiger charge is 2.60. The van der Waals surface area contributed by atoms with Gasteiger partial charge in [-0.05, 0) is 67.0 Å². The standard InChI is InChI=1S/C29H31FN4O2/c1-28(2,36)15-34-14-21-13-29(21,16-34)20-6-3-17(4-7-20)23-12-24(26(31)33-25(23)30)18-5-8-22-19(11-18)9-10-32-27(22)35/h3-8,11-12,21,36H,9-10,13-16H2,1-2H3,(H2,31,33)(H,32,35)/t21?,29-/m1/s1. The first-order valence-corrected chi connectivity index (χ1v) is 12.6. The Morgan fingerprint density at radius 3 is 2.64 bits per heavy atom. The number of anilines is 1. The summed E-state index contributed by atoms with van der Waals surface area (Å²) >= 11 is 0. The first-order chi connectivity index (χ1) is 17.1. The number of hydrogen-bond acceptors (Lipinski definition) is 5. The topological polar surface area (TPSA) is 91.5 Å². The number of piperidine rings is 1. The zero-order valence-electron chi connectivity index (χ0n) is 20.6. The summed E-state index contributed by atoms with van der Waals surface area (Å²) in [4.78, 5) is 18.5. The molecular formula is C29H31FN4O2. The zero-order chi connectivity index (χ0) is 25.2. The third-order valence-corrected chi connectivity index (χ3v) is 7.94. The Kier molecular flexibility index (Phi) is 5.21. The van der Waals surface area contributed by atoms with Crippen molar-refractivity contribution in [2.24, 2.45) is 5.92 Å². The maximum absolute atomic E-state index is 15.0. The Bertz CT molecular complexity index is 1360. The fraction of sp³-hybridized carbons (Fsp3) is 0.379. The second-order valence-corrected chi connectivity index (χ2v) is 11.3. The number of amides is 1. The van der Waals surface area contributed by atoms with Crippen molar-refractivity contribution in [3.05, 3.63) is 71.2 Å². The third kappa shape index (κ3) is 3.96. The van der Waals surface area contributed by atoms with Gasteiger partial charge in [-0.3, -0.25) is 9.69 Å². The predicted molar refractivity (Wildman–Crippen MR) is 138 cm³/mol. The van der Waals surface area contributed by atoms with Gasteiger partial charge in [0.1, 0.15) is 5.82 Å². The van der Waals surface area contributed by atoms with Crippen LogP contribution in [-0.4, -0.2) is 52.7 Å². The lowest BCUT2D eigenvalue weighted by atomic mass is 9.92. The number of pyridine rings is 1. The van der Waals surface area contributed by atoms with E-state index in [1.807, 2.05) is 38.1 Å². The molecule has 1 saturated carbocycles. The molecular weight excluding hydrogens is 455 g/mol. The first-order valence-electron chi connectivity index (χ1n) is 12.6. The minimum Gasteiger partial charge on any atom is -0.389 e. The summed E-state index contributed by atoms with van der Waals surface area (Å²) in [6.45, 7) is 6.92. The molecule has 3 heterocycles. The number of nitrogens with one attached hydrogen (secondary N) is 1. The van der Waals surface area contributed by atoms with Gasteiger partial charge in [-0.15, -0.1) is 0 Å². The van der Waals surface area contributed by atoms with Crippen LogP contribution in [0, 0.1) is 11.9 Å². The van der Waals surface area contributed by atoms with E-state index in [1.54, 1.807) is 12.1 Å². The van der Waals surface area contributed by atoms with E-state index in [1.165, 1.54) is 5.56 Å². The van der Waals surface area contributed by atoms with Crippen LogP contribution in [0.1, 0.15) is 41.8 Å². The second-order valence-electron chi connectivity index (χ2n) is 11.3. The molecule has 1 saturated heterocycles. The number of halogens is 1. The highest BCUT2D eigenvalue weighted by Crippen LogP contribution is 2.59. The highest BCUT2D eigenvalue weighted by molar-refractivity contribution is 5.97. The first kappa shape index (κ1) is 23.1. The lowest BCUT2D eigenvalue weighted by Gasteiger charge is -2.27. The Hall–Kier alpha value is -3.29. The van der Waals surface area contributed by atoms with Crippen LogP contribution in [0.25, 0.3) is 22.3 Å². The van der Waals surface area contributed by atoms with Crippen molar-refractivity contribution < 1.29 is 14.3 Å². The molecule has 0 radical (unpaired) electrons. The van der Waals surface area contributed by atoms with E-state index in [-0.39, 0.29) is 17.1 Å². The molecule has 6 rings (SSSR count). The van der Waals surface area contributed by atoms with Crippen LogP contribution in [0.15, 0.2) is 48.5 Å². The van der Waals surface area contributed by atoms with Crippen molar-refractivity contribution in [1.29, 1.82) is 0 Å². The van der Waals surface area contributed by atoms with Gasteiger partial charge >= 0.3 is 0 Å². The van der Waals surface area contributed by atoms with Gasteiger partial charge in [-0.25, -0.2) is 4.98 Å². The lowest BCUT2D eigenvalue weighted by Crippen LogP contribution is -2.39. The fourth-order valence-electron chi connectivity index (χ4n) is 6.22. The quantitative estimate of drug-likeness (QED) is 0.478. The van der Waals surface area contributed by atoms with Gasteiger partial charge in [0, 0.05) is 48.3 Å². The molecule has 1 aliphatic carbocycles. The lowest BCUT2D eigenvalue weighted by molar-refractivity contribution is 0.0398. The molecule has 4 N–H and O–H groups in total. The molecule has 2 aromatic carbocycles. The van der Waals surface area contributed by atoms with Crippen molar-refractivity contribution in [1.82, 2.24) is 15.2 Å². The monoisotopic (exact) mass is 486 g/mol. The predicted octanol–water partition coefficient (Wildman–Crippen LogP) is 3.77. The van der Waals surface area contributed by atoms with E-state index < -0.39 is 11.5 Å². The number of nitrogen functional groups attached to an aromatic ring is 1. The molecule has 3 aromatic rings. The van der Waals surface area contributed by atoms with Crippen LogP contribution in [-0.2, 0) is 11.8 Å². The molecule has 0 bridgehead atoms. The van der Waals surface area contributed by atoms with Crippen LogP contribution >= 0.6 is 0 Å². The number of aromatic nitrogens is 1. The summed E-state index contributed by atoms with van der Waals surface area (Å²) in [5.41, 5.74) is 11.1. The number of nitrogens with two attached hydrogens (primary N) is 1. The van der Waals surface area contributed by atoms with E-state index in [2.05, 4.69) is 27.3 Å². The van der Waals surface area contributed by atoms with Gasteiger partial charge in [0.25, 0.3) is 5.91 Å². The number of hydrogen-bond donors (Lipinski definition) is 3. The Morgan fingerprint density at radius 2 is 1.89 bits per heavy atom. The molecule has 0 spiro atoms. The average molecular weight is 487 g/mol. The van der Waals surface area contributed by atoms with Gasteiger partial charge < -0.3 is 16.2 Å². The van der Waals surface area contributed by atoms with Gasteiger partial charge in [0.05, 0.1) is 5.60 Å². The van der Waals surface area contributed by atoms with Crippen LogP contribution in [0.5, 0.6) is 0 Å². The number of β-amino-alcohol motifs (C(OH)–C–C–N with tert-alkyl or cyclic N) is 1. The molecule has 1 aromatic heterocycles. The summed E-state index contributed by atoms with van der Waals surface area (Å²) in [5.74, 6) is 0.0709.